The second-order valence-corrected chi connectivity index (χ2v) is 4.37. The zero-order valence-electron chi connectivity index (χ0n) is 10.2. The number of hydrogen-bond donors (Lipinski definition) is 2. The van der Waals surface area contributed by atoms with Crippen LogP contribution in [0.2, 0.25) is 0 Å². The van der Waals surface area contributed by atoms with Crippen molar-refractivity contribution in [1.82, 2.24) is 4.98 Å². The highest BCUT2D eigenvalue weighted by molar-refractivity contribution is 5.15. The maximum Gasteiger partial charge on any atom is 0.0824 e. The normalized spacial score (nSPS) is 14.8. The van der Waals surface area contributed by atoms with Gasteiger partial charge in [0.25, 0.3) is 0 Å². The molecule has 0 aliphatic carbocycles. The van der Waals surface area contributed by atoms with Gasteiger partial charge in [-0.05, 0) is 24.5 Å². The first-order valence-corrected chi connectivity index (χ1v) is 6.00. The monoisotopic (exact) mass is 222 g/mol. The van der Waals surface area contributed by atoms with Crippen molar-refractivity contribution in [3.05, 3.63) is 29.6 Å². The van der Waals surface area contributed by atoms with E-state index in [0.717, 1.165) is 25.0 Å². The Morgan fingerprint density at radius 2 is 2.12 bits per heavy atom. The lowest BCUT2D eigenvalue weighted by Crippen LogP contribution is -2.40. The average Bonchev–Trinajstić information content (AvgIpc) is 2.30. The molecule has 0 aliphatic heterocycles. The number of rotatable bonds is 6. The van der Waals surface area contributed by atoms with E-state index in [4.69, 9.17) is 5.73 Å². The molecular weight excluding hydrogens is 200 g/mol. The van der Waals surface area contributed by atoms with Gasteiger partial charge in [-0.1, -0.05) is 26.3 Å². The Morgan fingerprint density at radius 1 is 1.38 bits per heavy atom. The number of aliphatic hydroxyl groups is 1. The lowest BCUT2D eigenvalue weighted by molar-refractivity contribution is 0.0389. The van der Waals surface area contributed by atoms with Crippen molar-refractivity contribution in [3.63, 3.8) is 0 Å². The summed E-state index contributed by atoms with van der Waals surface area (Å²) in [6.07, 6.45) is 5.06. The fourth-order valence-corrected chi connectivity index (χ4v) is 1.83. The molecule has 1 rings (SSSR count). The summed E-state index contributed by atoms with van der Waals surface area (Å²) in [5, 5.41) is 10.2. The zero-order chi connectivity index (χ0) is 12.0. The molecule has 16 heavy (non-hydrogen) atoms. The fourth-order valence-electron chi connectivity index (χ4n) is 1.83. The van der Waals surface area contributed by atoms with E-state index < -0.39 is 5.60 Å². The molecule has 0 radical (unpaired) electrons. The number of hydrogen-bond acceptors (Lipinski definition) is 3. The standard InChI is InChI=1S/C13H22N2O/c1-3-7-13(16,10-14)8-12-6-5-11(4-2)9-15-12/h5-6,9,16H,3-4,7-8,10,14H2,1-2H3. The van der Waals surface area contributed by atoms with E-state index in [-0.39, 0.29) is 6.54 Å². The molecule has 0 fully saturated rings. The highest BCUT2D eigenvalue weighted by Gasteiger charge is 2.24. The minimum atomic E-state index is -0.796. The van der Waals surface area contributed by atoms with Crippen LogP contribution in [0.25, 0.3) is 0 Å². The molecule has 1 aromatic heterocycles. The Morgan fingerprint density at radius 3 is 2.56 bits per heavy atom. The molecule has 1 aromatic rings. The molecule has 0 aromatic carbocycles. The smallest absolute Gasteiger partial charge is 0.0824 e. The van der Waals surface area contributed by atoms with Gasteiger partial charge in [0.05, 0.1) is 5.60 Å². The van der Waals surface area contributed by atoms with E-state index in [1.807, 2.05) is 19.2 Å². The third kappa shape index (κ3) is 3.58. The average molecular weight is 222 g/mol. The highest BCUT2D eigenvalue weighted by atomic mass is 16.3. The Hall–Kier alpha value is -0.930. The van der Waals surface area contributed by atoms with Crippen molar-refractivity contribution < 1.29 is 5.11 Å². The number of nitrogens with zero attached hydrogens (tertiary/aromatic N) is 1. The second-order valence-electron chi connectivity index (χ2n) is 4.37. The Kier molecular flexibility index (Phi) is 4.90. The van der Waals surface area contributed by atoms with Crippen molar-refractivity contribution in [2.45, 2.75) is 45.1 Å². The molecule has 1 unspecified atom stereocenters. The summed E-state index contributed by atoms with van der Waals surface area (Å²) in [6, 6.07) is 4.04. The molecule has 0 aliphatic rings. The largest absolute Gasteiger partial charge is 0.388 e. The number of aromatic nitrogens is 1. The van der Waals surface area contributed by atoms with E-state index in [9.17, 15) is 5.11 Å². The van der Waals surface area contributed by atoms with Crippen molar-refractivity contribution in [1.29, 1.82) is 0 Å². The number of aryl methyl sites for hydroxylation is 1. The predicted octanol–water partition coefficient (Wildman–Crippen LogP) is 1.68. The lowest BCUT2D eigenvalue weighted by Gasteiger charge is -2.25. The summed E-state index contributed by atoms with van der Waals surface area (Å²) in [5.74, 6) is 0. The van der Waals surface area contributed by atoms with Crippen LogP contribution in [0.5, 0.6) is 0 Å². The van der Waals surface area contributed by atoms with Crippen LogP contribution in [0.1, 0.15) is 37.9 Å². The van der Waals surface area contributed by atoms with Gasteiger partial charge in [0.15, 0.2) is 0 Å². The molecule has 0 saturated carbocycles. The molecule has 3 N–H and O–H groups in total. The topological polar surface area (TPSA) is 59.1 Å². The van der Waals surface area contributed by atoms with Crippen LogP contribution in [0, 0.1) is 0 Å². The van der Waals surface area contributed by atoms with Gasteiger partial charge in [0.1, 0.15) is 0 Å². The Balaban J connectivity index is 2.70. The van der Waals surface area contributed by atoms with Gasteiger partial charge in [-0.2, -0.15) is 0 Å². The molecule has 3 heteroatoms. The fraction of sp³-hybridized carbons (Fsp3) is 0.615. The van der Waals surface area contributed by atoms with E-state index >= 15 is 0 Å². The summed E-state index contributed by atoms with van der Waals surface area (Å²) in [6.45, 7) is 4.44. The van der Waals surface area contributed by atoms with Gasteiger partial charge in [0.2, 0.25) is 0 Å². The molecule has 90 valence electrons. The first-order chi connectivity index (χ1) is 7.63. The molecule has 3 nitrogen and oxygen atoms in total. The third-order valence-corrected chi connectivity index (χ3v) is 2.90. The van der Waals surface area contributed by atoms with Crippen LogP contribution in [0.15, 0.2) is 18.3 Å². The van der Waals surface area contributed by atoms with Crippen LogP contribution in [0.3, 0.4) is 0 Å². The lowest BCUT2D eigenvalue weighted by atomic mass is 9.92. The summed E-state index contributed by atoms with van der Waals surface area (Å²) in [5.41, 5.74) is 6.96. The molecule has 1 heterocycles. The van der Waals surface area contributed by atoms with Crippen LogP contribution in [-0.4, -0.2) is 22.2 Å². The number of pyridine rings is 1. The van der Waals surface area contributed by atoms with E-state index in [1.165, 1.54) is 5.56 Å². The van der Waals surface area contributed by atoms with Crippen LogP contribution in [0.4, 0.5) is 0 Å². The van der Waals surface area contributed by atoms with Crippen molar-refractivity contribution in [2.24, 2.45) is 5.73 Å². The van der Waals surface area contributed by atoms with E-state index in [1.54, 1.807) is 0 Å². The molecule has 1 atom stereocenters. The molecular formula is C13H22N2O. The maximum atomic E-state index is 10.2. The summed E-state index contributed by atoms with van der Waals surface area (Å²) < 4.78 is 0. The number of nitrogens with two attached hydrogens (primary N) is 1. The SMILES string of the molecule is CCCC(O)(CN)Cc1ccc(CC)cn1. The predicted molar refractivity (Wildman–Crippen MR) is 66.2 cm³/mol. The summed E-state index contributed by atoms with van der Waals surface area (Å²) >= 11 is 0. The maximum absolute atomic E-state index is 10.2. The van der Waals surface area contributed by atoms with Crippen LogP contribution < -0.4 is 5.73 Å². The zero-order valence-corrected chi connectivity index (χ0v) is 10.2. The van der Waals surface area contributed by atoms with Crippen molar-refractivity contribution >= 4 is 0 Å². The Labute approximate surface area is 97.7 Å². The first kappa shape index (κ1) is 13.1. The van der Waals surface area contributed by atoms with Gasteiger partial charge in [-0.3, -0.25) is 4.98 Å². The second kappa shape index (κ2) is 5.97. The minimum Gasteiger partial charge on any atom is -0.388 e. The van der Waals surface area contributed by atoms with Crippen molar-refractivity contribution in [2.75, 3.05) is 6.54 Å². The van der Waals surface area contributed by atoms with E-state index in [0.29, 0.717) is 6.42 Å². The minimum absolute atomic E-state index is 0.290. The van der Waals surface area contributed by atoms with E-state index in [2.05, 4.69) is 18.0 Å². The van der Waals surface area contributed by atoms with Gasteiger partial charge >= 0.3 is 0 Å². The van der Waals surface area contributed by atoms with Gasteiger partial charge in [-0.25, -0.2) is 0 Å². The van der Waals surface area contributed by atoms with Gasteiger partial charge in [-0.15, -0.1) is 0 Å². The summed E-state index contributed by atoms with van der Waals surface area (Å²) in [4.78, 5) is 4.35. The molecule has 0 spiro atoms. The van der Waals surface area contributed by atoms with Crippen LogP contribution in [-0.2, 0) is 12.8 Å². The molecule has 0 bridgehead atoms. The molecule has 0 saturated heterocycles. The first-order valence-electron chi connectivity index (χ1n) is 6.00. The van der Waals surface area contributed by atoms with Gasteiger partial charge < -0.3 is 10.8 Å². The van der Waals surface area contributed by atoms with Gasteiger partial charge in [0, 0.05) is 24.9 Å². The molecule has 0 amide bonds. The van der Waals surface area contributed by atoms with Crippen molar-refractivity contribution in [3.8, 4) is 0 Å². The summed E-state index contributed by atoms with van der Waals surface area (Å²) in [7, 11) is 0. The third-order valence-electron chi connectivity index (χ3n) is 2.90. The Bertz CT molecular complexity index is 310. The quantitative estimate of drug-likeness (QED) is 0.770. The highest BCUT2D eigenvalue weighted by Crippen LogP contribution is 2.17. The van der Waals surface area contributed by atoms with Crippen LogP contribution >= 0.6 is 0 Å².